The molecule has 0 aliphatic carbocycles. The molecule has 9 atom stereocenters. The van der Waals surface area contributed by atoms with Gasteiger partial charge in [0.05, 0.1) is 12.6 Å². The van der Waals surface area contributed by atoms with Crippen LogP contribution in [0.2, 0.25) is 0 Å². The largest absolute Gasteiger partial charge is 0.508 e. The number of nitrogens with zero attached hydrogens (tertiary/aromatic N) is 1. The van der Waals surface area contributed by atoms with Crippen LogP contribution in [0.4, 0.5) is 0 Å². The number of aliphatic carboxylic acids is 1. The Hall–Kier alpha value is -6.65. The lowest BCUT2D eigenvalue weighted by Gasteiger charge is -2.32. The molecule has 1 aliphatic rings. The number of aromatic hydroxyl groups is 1. The molecule has 22 heteroatoms. The summed E-state index contributed by atoms with van der Waals surface area (Å²) in [6, 6.07) is 4.52. The van der Waals surface area contributed by atoms with Gasteiger partial charge in [0.15, 0.2) is 0 Å². The standard InChI is InChI=1S/C49H74N10O12/c1-5-29(4)41(47(68)53-34(20-21-40(52)62)43(64)54-35(49(70)71)14-9-10-22-50)58-46(67)39-15-11-23-59(39)48(69)37(24-28(2)3)56-44(65)36(26-31-16-18-32(61)19-17-31)55-45(66)38(27-60)57-42(63)33(51)25-30-12-7-6-8-13-30/h6-8,12-13,16-19,28-29,33-39,41,60-61H,5,9-11,14-15,20-27,50-51H2,1-4H3,(H2,52,62)(H,53,68)(H,54,64)(H,55,66)(H,56,65)(H,57,63)(H,58,67)(H,70,71)/t29-,33-,34-,35-,36-,37-,38-,39-,41-/m0/s1. The van der Waals surface area contributed by atoms with Crippen LogP contribution in [0.1, 0.15) is 96.6 Å². The minimum atomic E-state index is -1.52. The van der Waals surface area contributed by atoms with Gasteiger partial charge in [-0.2, -0.15) is 0 Å². The molecule has 2 aromatic rings. The summed E-state index contributed by atoms with van der Waals surface area (Å²) in [6.45, 7) is 6.70. The van der Waals surface area contributed by atoms with Gasteiger partial charge in [-0.25, -0.2) is 4.79 Å². The van der Waals surface area contributed by atoms with E-state index in [4.69, 9.17) is 17.2 Å². The molecule has 0 bridgehead atoms. The van der Waals surface area contributed by atoms with Crippen LogP contribution in [-0.2, 0) is 56.0 Å². The molecule has 0 aromatic heterocycles. The van der Waals surface area contributed by atoms with E-state index in [0.29, 0.717) is 37.8 Å². The van der Waals surface area contributed by atoms with E-state index in [1.807, 2.05) is 13.8 Å². The second-order valence-corrected chi connectivity index (χ2v) is 18.5. The first-order valence-electron chi connectivity index (χ1n) is 24.2. The van der Waals surface area contributed by atoms with Crippen molar-refractivity contribution in [1.82, 2.24) is 36.8 Å². The summed E-state index contributed by atoms with van der Waals surface area (Å²) >= 11 is 0. The number of nitrogens with one attached hydrogen (secondary N) is 6. The van der Waals surface area contributed by atoms with Crippen molar-refractivity contribution < 1.29 is 58.5 Å². The second kappa shape index (κ2) is 29.5. The SMILES string of the molecule is CC[C@H](C)[C@H](NC(=O)[C@@H]1CCCN1C(=O)[C@H](CC(C)C)NC(=O)[C@H](Cc1ccc(O)cc1)NC(=O)[C@H](CO)NC(=O)[C@@H](N)Cc1ccccc1)C(=O)N[C@@H](CCC(N)=O)C(=O)N[C@@H](CCCCN)C(=O)O. The summed E-state index contributed by atoms with van der Waals surface area (Å²) in [5.41, 5.74) is 18.3. The van der Waals surface area contributed by atoms with Crippen LogP contribution in [0.3, 0.4) is 0 Å². The maximum absolute atomic E-state index is 14.5. The zero-order chi connectivity index (χ0) is 52.8. The zero-order valence-electron chi connectivity index (χ0n) is 41.1. The molecule has 0 unspecified atom stereocenters. The third-order valence-electron chi connectivity index (χ3n) is 12.3. The first kappa shape index (κ1) is 58.7. The number of carboxylic acid groups (broad SMARTS) is 1. The lowest BCUT2D eigenvalue weighted by molar-refractivity contribution is -0.143. The van der Waals surface area contributed by atoms with Crippen LogP contribution < -0.4 is 49.1 Å². The molecule has 22 nitrogen and oxygen atoms in total. The van der Waals surface area contributed by atoms with Crippen molar-refractivity contribution in [3.05, 3.63) is 65.7 Å². The zero-order valence-corrected chi connectivity index (χ0v) is 41.1. The molecule has 1 aliphatic heterocycles. The number of benzene rings is 2. The Balaban J connectivity index is 1.84. The fraction of sp³-hybridized carbons (Fsp3) is 0.571. The van der Waals surface area contributed by atoms with Gasteiger partial charge in [0.2, 0.25) is 47.3 Å². The Morgan fingerprint density at radius 1 is 0.704 bits per heavy atom. The van der Waals surface area contributed by atoms with E-state index in [0.717, 1.165) is 5.56 Å². The Kier molecular flexibility index (Phi) is 24.4. The highest BCUT2D eigenvalue weighted by Gasteiger charge is 2.41. The number of unbranched alkanes of at least 4 members (excludes halogenated alkanes) is 1. The minimum Gasteiger partial charge on any atom is -0.508 e. The van der Waals surface area contributed by atoms with Crippen LogP contribution in [-0.4, -0.2) is 141 Å². The van der Waals surface area contributed by atoms with Crippen molar-refractivity contribution in [2.45, 2.75) is 147 Å². The van der Waals surface area contributed by atoms with E-state index in [1.165, 1.54) is 29.2 Å². The monoisotopic (exact) mass is 995 g/mol. The smallest absolute Gasteiger partial charge is 0.326 e. The van der Waals surface area contributed by atoms with Crippen LogP contribution in [0, 0.1) is 11.8 Å². The predicted octanol–water partition coefficient (Wildman–Crippen LogP) is -1.03. The fourth-order valence-electron chi connectivity index (χ4n) is 8.04. The third kappa shape index (κ3) is 19.2. The van der Waals surface area contributed by atoms with Crippen LogP contribution >= 0.6 is 0 Å². The summed E-state index contributed by atoms with van der Waals surface area (Å²) in [5.74, 6) is -8.23. The van der Waals surface area contributed by atoms with Gasteiger partial charge in [-0.3, -0.25) is 38.4 Å². The van der Waals surface area contributed by atoms with E-state index in [1.54, 1.807) is 44.2 Å². The molecule has 0 radical (unpaired) electrons. The molecule has 2 aromatic carbocycles. The number of carboxylic acids is 1. The average Bonchev–Trinajstić information content (AvgIpc) is 3.83. The van der Waals surface area contributed by atoms with E-state index >= 15 is 0 Å². The number of amides is 8. The molecule has 1 fully saturated rings. The molecule has 15 N–H and O–H groups in total. The first-order chi connectivity index (χ1) is 33.7. The molecule has 0 spiro atoms. The van der Waals surface area contributed by atoms with Gasteiger partial charge in [-0.15, -0.1) is 0 Å². The first-order valence-corrected chi connectivity index (χ1v) is 24.2. The van der Waals surface area contributed by atoms with E-state index in [2.05, 4.69) is 31.9 Å². The van der Waals surface area contributed by atoms with Crippen LogP contribution in [0.15, 0.2) is 54.6 Å². The highest BCUT2D eigenvalue weighted by Crippen LogP contribution is 2.22. The number of aliphatic hydroxyl groups excluding tert-OH is 1. The highest BCUT2D eigenvalue weighted by atomic mass is 16.4. The van der Waals surface area contributed by atoms with Gasteiger partial charge < -0.3 is 69.3 Å². The van der Waals surface area contributed by atoms with Crippen LogP contribution in [0.5, 0.6) is 5.75 Å². The number of nitrogens with two attached hydrogens (primary N) is 3. The van der Waals surface area contributed by atoms with Gasteiger partial charge in [0.25, 0.3) is 0 Å². The Labute approximate surface area is 414 Å². The maximum Gasteiger partial charge on any atom is 0.326 e. The van der Waals surface area contributed by atoms with Crippen molar-refractivity contribution in [1.29, 1.82) is 0 Å². The molecule has 8 amide bonds. The van der Waals surface area contributed by atoms with Gasteiger partial charge >= 0.3 is 5.97 Å². The molecule has 71 heavy (non-hydrogen) atoms. The summed E-state index contributed by atoms with van der Waals surface area (Å²) < 4.78 is 0. The second-order valence-electron chi connectivity index (χ2n) is 18.5. The number of carbonyl (C=O) groups is 9. The Morgan fingerprint density at radius 2 is 1.28 bits per heavy atom. The average molecular weight is 995 g/mol. The number of hydrogen-bond acceptors (Lipinski definition) is 13. The number of rotatable bonds is 30. The molecule has 1 saturated heterocycles. The van der Waals surface area contributed by atoms with Crippen molar-refractivity contribution in [3.63, 3.8) is 0 Å². The predicted molar refractivity (Wildman–Crippen MR) is 261 cm³/mol. The lowest BCUT2D eigenvalue weighted by atomic mass is 9.96. The van der Waals surface area contributed by atoms with Crippen molar-refractivity contribution >= 4 is 53.2 Å². The van der Waals surface area contributed by atoms with Gasteiger partial charge in [0, 0.05) is 19.4 Å². The highest BCUT2D eigenvalue weighted by molar-refractivity contribution is 5.98. The number of phenols is 1. The fourth-order valence-corrected chi connectivity index (χ4v) is 8.04. The number of carbonyl (C=O) groups excluding carboxylic acids is 8. The number of hydrogen-bond donors (Lipinski definition) is 12. The summed E-state index contributed by atoms with van der Waals surface area (Å²) in [5, 5.41) is 45.4. The van der Waals surface area contributed by atoms with Crippen molar-refractivity contribution in [2.75, 3.05) is 19.7 Å². The van der Waals surface area contributed by atoms with Gasteiger partial charge in [-0.05, 0) is 93.0 Å². The molecular formula is C49H74N10O12. The van der Waals surface area contributed by atoms with E-state index in [-0.39, 0.29) is 63.2 Å². The van der Waals surface area contributed by atoms with Gasteiger partial charge in [0.1, 0.15) is 48.0 Å². The van der Waals surface area contributed by atoms with E-state index < -0.39 is 114 Å². The van der Waals surface area contributed by atoms with Crippen molar-refractivity contribution in [3.8, 4) is 5.75 Å². The van der Waals surface area contributed by atoms with E-state index in [9.17, 15) is 58.5 Å². The topological polar surface area (TPSA) is 368 Å². The summed E-state index contributed by atoms with van der Waals surface area (Å²) in [7, 11) is 0. The third-order valence-corrected chi connectivity index (χ3v) is 12.3. The lowest BCUT2D eigenvalue weighted by Crippen LogP contribution is -2.61. The number of phenolic OH excluding ortho intramolecular Hbond substituents is 1. The molecule has 1 heterocycles. The Morgan fingerprint density at radius 3 is 1.87 bits per heavy atom. The Bertz CT molecular complexity index is 2110. The quantitative estimate of drug-likeness (QED) is 0.0417. The molecule has 3 rings (SSSR count). The molecule has 392 valence electrons. The summed E-state index contributed by atoms with van der Waals surface area (Å²) in [4.78, 5) is 122. The van der Waals surface area contributed by atoms with Gasteiger partial charge in [-0.1, -0.05) is 76.6 Å². The maximum atomic E-state index is 14.5. The summed E-state index contributed by atoms with van der Waals surface area (Å²) in [6.07, 6.45) is 1.46. The number of primary amides is 1. The molecular weight excluding hydrogens is 921 g/mol. The number of aliphatic hydroxyl groups is 1. The van der Waals surface area contributed by atoms with Crippen LogP contribution in [0.25, 0.3) is 0 Å². The van der Waals surface area contributed by atoms with Crippen molar-refractivity contribution in [2.24, 2.45) is 29.0 Å². The number of likely N-dealkylation sites (tertiary alicyclic amines) is 1. The molecule has 0 saturated carbocycles. The normalized spacial score (nSPS) is 16.7. The minimum absolute atomic E-state index is 0.0515.